The number of likely N-dealkylation sites (tertiary alicyclic amines) is 1. The van der Waals surface area contributed by atoms with E-state index >= 15 is 0 Å². The van der Waals surface area contributed by atoms with Gasteiger partial charge < -0.3 is 5.32 Å². The molecule has 1 saturated heterocycles. The highest BCUT2D eigenvalue weighted by Gasteiger charge is 2.19. The molecule has 2 heterocycles. The average Bonchev–Trinajstić information content (AvgIpc) is 2.80. The summed E-state index contributed by atoms with van der Waals surface area (Å²) >= 11 is 1.95. The van der Waals surface area contributed by atoms with Gasteiger partial charge in [-0.15, -0.1) is 11.3 Å². The number of thiophene rings is 1. The van der Waals surface area contributed by atoms with Crippen molar-refractivity contribution in [1.29, 1.82) is 0 Å². The number of nitrogens with zero attached hydrogens (tertiary/aromatic N) is 1. The van der Waals surface area contributed by atoms with Crippen LogP contribution in [0.1, 0.15) is 30.2 Å². The van der Waals surface area contributed by atoms with Crippen LogP contribution in [0.25, 0.3) is 10.1 Å². The summed E-state index contributed by atoms with van der Waals surface area (Å²) < 4.78 is 1.43. The second-order valence-corrected chi connectivity index (χ2v) is 7.13. The molecule has 0 bridgehead atoms. The van der Waals surface area contributed by atoms with E-state index in [4.69, 9.17) is 0 Å². The molecule has 20 heavy (non-hydrogen) atoms. The van der Waals surface area contributed by atoms with E-state index in [-0.39, 0.29) is 0 Å². The average molecular weight is 288 g/mol. The molecule has 0 spiro atoms. The minimum absolute atomic E-state index is 0.905. The molecule has 3 heteroatoms. The predicted octanol–water partition coefficient (Wildman–Crippen LogP) is 3.85. The highest BCUT2D eigenvalue weighted by atomic mass is 32.1. The lowest BCUT2D eigenvalue weighted by Gasteiger charge is -2.30. The minimum Gasteiger partial charge on any atom is -0.315 e. The van der Waals surface area contributed by atoms with Crippen molar-refractivity contribution in [2.75, 3.05) is 20.1 Å². The Morgan fingerprint density at radius 3 is 2.75 bits per heavy atom. The molecule has 2 nitrogen and oxygen atoms in total. The standard InChI is InChI=1S/C17H24N2S/c1-13-7-9-19(10-8-13)12-15-14-5-3-4-6-16(14)20-17(15)11-18-2/h3-6,13,18H,7-12H2,1-2H3. The second kappa shape index (κ2) is 6.25. The summed E-state index contributed by atoms with van der Waals surface area (Å²) in [6.45, 7) is 6.99. The molecule has 1 aromatic heterocycles. The van der Waals surface area contributed by atoms with Crippen LogP contribution in [0, 0.1) is 5.92 Å². The Bertz CT molecular complexity index is 567. The number of piperidine rings is 1. The summed E-state index contributed by atoms with van der Waals surface area (Å²) in [5.41, 5.74) is 1.55. The lowest BCUT2D eigenvalue weighted by Crippen LogP contribution is -2.32. The Balaban J connectivity index is 1.86. The lowest BCUT2D eigenvalue weighted by molar-refractivity contribution is 0.185. The molecular formula is C17H24N2S. The Morgan fingerprint density at radius 1 is 1.25 bits per heavy atom. The van der Waals surface area contributed by atoms with Gasteiger partial charge in [-0.05, 0) is 55.9 Å². The van der Waals surface area contributed by atoms with E-state index in [1.807, 2.05) is 18.4 Å². The van der Waals surface area contributed by atoms with Gasteiger partial charge in [-0.25, -0.2) is 0 Å². The number of hydrogen-bond acceptors (Lipinski definition) is 3. The molecule has 108 valence electrons. The van der Waals surface area contributed by atoms with Gasteiger partial charge >= 0.3 is 0 Å². The van der Waals surface area contributed by atoms with Crippen LogP contribution in [0.3, 0.4) is 0 Å². The number of fused-ring (bicyclic) bond motifs is 1. The maximum absolute atomic E-state index is 3.32. The molecule has 1 fully saturated rings. The third-order valence-electron chi connectivity index (χ3n) is 4.38. The molecule has 3 rings (SSSR count). The summed E-state index contributed by atoms with van der Waals surface area (Å²) in [5, 5.41) is 4.78. The van der Waals surface area contributed by atoms with Gasteiger partial charge in [-0.1, -0.05) is 25.1 Å². The SMILES string of the molecule is CNCc1sc2ccccc2c1CN1CCC(C)CC1. The molecule has 0 aliphatic carbocycles. The Morgan fingerprint density at radius 2 is 2.00 bits per heavy atom. The summed E-state index contributed by atoms with van der Waals surface area (Å²) in [5.74, 6) is 0.905. The zero-order chi connectivity index (χ0) is 13.9. The monoisotopic (exact) mass is 288 g/mol. The molecule has 0 atom stereocenters. The third kappa shape index (κ3) is 2.90. The van der Waals surface area contributed by atoms with Crippen molar-refractivity contribution in [1.82, 2.24) is 10.2 Å². The van der Waals surface area contributed by atoms with E-state index in [2.05, 4.69) is 41.4 Å². The summed E-state index contributed by atoms with van der Waals surface area (Å²) in [4.78, 5) is 4.14. The smallest absolute Gasteiger partial charge is 0.0349 e. The van der Waals surface area contributed by atoms with Gasteiger partial charge in [0.25, 0.3) is 0 Å². The lowest BCUT2D eigenvalue weighted by atomic mass is 9.98. The van der Waals surface area contributed by atoms with Crippen LogP contribution in [0.15, 0.2) is 24.3 Å². The normalized spacial score (nSPS) is 17.9. The van der Waals surface area contributed by atoms with Gasteiger partial charge in [-0.3, -0.25) is 4.90 Å². The van der Waals surface area contributed by atoms with Crippen molar-refractivity contribution in [2.45, 2.75) is 32.9 Å². The van der Waals surface area contributed by atoms with E-state index < -0.39 is 0 Å². The maximum Gasteiger partial charge on any atom is 0.0349 e. The molecular weight excluding hydrogens is 264 g/mol. The van der Waals surface area contributed by atoms with Crippen LogP contribution in [-0.4, -0.2) is 25.0 Å². The first kappa shape index (κ1) is 14.1. The molecule has 1 aromatic carbocycles. The summed E-state index contributed by atoms with van der Waals surface area (Å²) in [6, 6.07) is 8.85. The van der Waals surface area contributed by atoms with Crippen LogP contribution in [0.5, 0.6) is 0 Å². The quantitative estimate of drug-likeness (QED) is 0.919. The minimum atomic E-state index is 0.905. The fourth-order valence-electron chi connectivity index (χ4n) is 3.07. The van der Waals surface area contributed by atoms with Crippen molar-refractivity contribution < 1.29 is 0 Å². The largest absolute Gasteiger partial charge is 0.315 e. The van der Waals surface area contributed by atoms with Crippen molar-refractivity contribution in [3.8, 4) is 0 Å². The molecule has 0 radical (unpaired) electrons. The van der Waals surface area contributed by atoms with Crippen molar-refractivity contribution >= 4 is 21.4 Å². The molecule has 0 saturated carbocycles. The van der Waals surface area contributed by atoms with Crippen LogP contribution in [0.4, 0.5) is 0 Å². The first-order valence-corrected chi connectivity index (χ1v) is 8.46. The van der Waals surface area contributed by atoms with Crippen LogP contribution >= 0.6 is 11.3 Å². The fourth-order valence-corrected chi connectivity index (χ4v) is 4.30. The Hall–Kier alpha value is -0.900. The highest BCUT2D eigenvalue weighted by molar-refractivity contribution is 7.19. The first-order valence-electron chi connectivity index (χ1n) is 7.64. The summed E-state index contributed by atoms with van der Waals surface area (Å²) in [7, 11) is 2.04. The number of hydrogen-bond donors (Lipinski definition) is 1. The summed E-state index contributed by atoms with van der Waals surface area (Å²) in [6.07, 6.45) is 2.70. The van der Waals surface area contributed by atoms with E-state index in [9.17, 15) is 0 Å². The van der Waals surface area contributed by atoms with Gasteiger partial charge in [0, 0.05) is 22.7 Å². The molecule has 1 aliphatic rings. The predicted molar refractivity (Wildman–Crippen MR) is 88.3 cm³/mol. The van der Waals surface area contributed by atoms with Crippen LogP contribution < -0.4 is 5.32 Å². The maximum atomic E-state index is 3.32. The van der Waals surface area contributed by atoms with Crippen LogP contribution in [0.2, 0.25) is 0 Å². The number of rotatable bonds is 4. The highest BCUT2D eigenvalue weighted by Crippen LogP contribution is 2.33. The third-order valence-corrected chi connectivity index (χ3v) is 5.59. The first-order chi connectivity index (χ1) is 9.78. The van der Waals surface area contributed by atoms with Gasteiger partial charge in [-0.2, -0.15) is 0 Å². The molecule has 1 N–H and O–H groups in total. The van der Waals surface area contributed by atoms with Crippen LogP contribution in [-0.2, 0) is 13.1 Å². The van der Waals surface area contributed by atoms with Gasteiger partial charge in [0.1, 0.15) is 0 Å². The molecule has 0 unspecified atom stereocenters. The fraction of sp³-hybridized carbons (Fsp3) is 0.529. The van der Waals surface area contributed by atoms with E-state index in [0.717, 1.165) is 19.0 Å². The Labute approximate surface area is 125 Å². The molecule has 2 aromatic rings. The van der Waals surface area contributed by atoms with Gasteiger partial charge in [0.2, 0.25) is 0 Å². The van der Waals surface area contributed by atoms with Crippen molar-refractivity contribution in [2.24, 2.45) is 5.92 Å². The van der Waals surface area contributed by atoms with Crippen molar-refractivity contribution in [3.05, 3.63) is 34.7 Å². The van der Waals surface area contributed by atoms with E-state index in [1.54, 1.807) is 5.56 Å². The van der Waals surface area contributed by atoms with Gasteiger partial charge in [0.15, 0.2) is 0 Å². The van der Waals surface area contributed by atoms with E-state index in [0.29, 0.717) is 0 Å². The topological polar surface area (TPSA) is 15.3 Å². The zero-order valence-electron chi connectivity index (χ0n) is 12.5. The second-order valence-electron chi connectivity index (χ2n) is 5.99. The number of nitrogens with one attached hydrogen (secondary N) is 1. The number of benzene rings is 1. The van der Waals surface area contributed by atoms with Gasteiger partial charge in [0.05, 0.1) is 0 Å². The zero-order valence-corrected chi connectivity index (χ0v) is 13.3. The Kier molecular flexibility index (Phi) is 4.39. The molecule has 1 aliphatic heterocycles. The molecule has 0 amide bonds. The van der Waals surface area contributed by atoms with Crippen molar-refractivity contribution in [3.63, 3.8) is 0 Å². The van der Waals surface area contributed by atoms with E-state index in [1.165, 1.54) is 40.9 Å².